The molecule has 6 nitrogen and oxygen atoms in total. The van der Waals surface area contributed by atoms with Gasteiger partial charge in [-0.25, -0.2) is 8.42 Å². The average Bonchev–Trinajstić information content (AvgIpc) is 2.81. The largest absolute Gasteiger partial charge is 0.416 e. The van der Waals surface area contributed by atoms with Gasteiger partial charge in [-0.05, 0) is 60.7 Å². The lowest BCUT2D eigenvalue weighted by atomic mass is 10.0. The Morgan fingerprint density at radius 3 is 2.42 bits per heavy atom. The number of hydrogen-bond donors (Lipinski definition) is 2. The smallest absolute Gasteiger partial charge is 0.390 e. The van der Waals surface area contributed by atoms with Gasteiger partial charge in [-0.3, -0.25) is 9.82 Å². The van der Waals surface area contributed by atoms with Crippen LogP contribution < -0.4 is 4.89 Å². The predicted octanol–water partition coefficient (Wildman–Crippen LogP) is 4.36. The van der Waals surface area contributed by atoms with Gasteiger partial charge in [-0.1, -0.05) is 41.3 Å². The summed E-state index contributed by atoms with van der Waals surface area (Å²) in [7, 11) is -4.46. The Balaban J connectivity index is 1.74. The van der Waals surface area contributed by atoms with E-state index in [2.05, 4.69) is 4.98 Å². The second-order valence-electron chi connectivity index (χ2n) is 7.49. The van der Waals surface area contributed by atoms with Gasteiger partial charge >= 0.3 is 6.18 Å². The molecule has 33 heavy (non-hydrogen) atoms. The summed E-state index contributed by atoms with van der Waals surface area (Å²) in [6, 6.07) is 14.3. The zero-order chi connectivity index (χ0) is 24.1. The second kappa shape index (κ2) is 10.4. The quantitative estimate of drug-likeness (QED) is 0.445. The molecule has 0 saturated carbocycles. The van der Waals surface area contributed by atoms with Gasteiger partial charge in [0.1, 0.15) is 6.10 Å². The highest BCUT2D eigenvalue weighted by molar-refractivity contribution is 7.89. The van der Waals surface area contributed by atoms with E-state index in [4.69, 9.17) is 4.84 Å². The highest BCUT2D eigenvalue weighted by atomic mass is 32.2. The van der Waals surface area contributed by atoms with E-state index in [1.54, 1.807) is 48.8 Å². The molecule has 2 atom stereocenters. The summed E-state index contributed by atoms with van der Waals surface area (Å²) in [5, 5.41) is 10.3. The van der Waals surface area contributed by atoms with E-state index < -0.39 is 38.9 Å². The van der Waals surface area contributed by atoms with Gasteiger partial charge in [0.15, 0.2) is 0 Å². The lowest BCUT2D eigenvalue weighted by Gasteiger charge is -2.20. The van der Waals surface area contributed by atoms with E-state index in [1.807, 2.05) is 11.0 Å². The molecule has 0 radical (unpaired) electrons. The minimum absolute atomic E-state index is 0.0929. The summed E-state index contributed by atoms with van der Waals surface area (Å²) in [4.78, 5) is 10.3. The third kappa shape index (κ3) is 6.84. The van der Waals surface area contributed by atoms with Crippen LogP contribution in [0.5, 0.6) is 0 Å². The zero-order valence-corrected chi connectivity index (χ0v) is 18.5. The van der Waals surface area contributed by atoms with Crippen molar-refractivity contribution >= 4 is 10.0 Å². The van der Waals surface area contributed by atoms with Gasteiger partial charge in [0.05, 0.1) is 16.6 Å². The first-order valence-corrected chi connectivity index (χ1v) is 11.6. The molecule has 0 spiro atoms. The highest BCUT2D eigenvalue weighted by Gasteiger charge is 2.33. The van der Waals surface area contributed by atoms with Gasteiger partial charge in [-0.15, -0.1) is 0 Å². The molecule has 0 fully saturated rings. The molecule has 1 aromatic heterocycles. The standard InChI is InChI=1S/C23H23F3N2O4S/c1-16(22(29)10-9-17-6-5-11-27-15-17)32-28-33(30,31)21-13-19(18-7-3-2-4-8-18)12-20(14-21)23(24,25)26/h2-8,11-16,22,28-29H,9-10H2,1H3. The van der Waals surface area contributed by atoms with Crippen LogP contribution in [0.15, 0.2) is 78.0 Å². The van der Waals surface area contributed by atoms with Gasteiger partial charge in [-0.2, -0.15) is 13.2 Å². The van der Waals surface area contributed by atoms with Crippen LogP contribution in [0.3, 0.4) is 0 Å². The summed E-state index contributed by atoms with van der Waals surface area (Å²) in [5.41, 5.74) is 0.311. The number of nitrogens with zero attached hydrogens (tertiary/aromatic N) is 1. The first kappa shape index (κ1) is 24.8. The van der Waals surface area contributed by atoms with E-state index in [1.165, 1.54) is 6.92 Å². The van der Waals surface area contributed by atoms with Crippen LogP contribution in [0.2, 0.25) is 0 Å². The molecule has 2 aromatic carbocycles. The second-order valence-corrected chi connectivity index (χ2v) is 9.13. The van der Waals surface area contributed by atoms with Crippen LogP contribution in [0.4, 0.5) is 13.2 Å². The number of hydrogen-bond acceptors (Lipinski definition) is 5. The molecule has 0 bridgehead atoms. The zero-order valence-electron chi connectivity index (χ0n) is 17.7. The van der Waals surface area contributed by atoms with Crippen molar-refractivity contribution in [3.8, 4) is 11.1 Å². The lowest BCUT2D eigenvalue weighted by molar-refractivity contribution is -0.137. The number of aliphatic hydroxyl groups excluding tert-OH is 1. The van der Waals surface area contributed by atoms with Gasteiger partial charge in [0.2, 0.25) is 0 Å². The number of halogens is 3. The van der Waals surface area contributed by atoms with Gasteiger partial charge < -0.3 is 5.11 Å². The van der Waals surface area contributed by atoms with E-state index in [0.717, 1.165) is 17.7 Å². The molecule has 2 N–H and O–H groups in total. The van der Waals surface area contributed by atoms with Crippen molar-refractivity contribution in [1.82, 2.24) is 9.87 Å². The molecule has 3 rings (SSSR count). The van der Waals surface area contributed by atoms with Crippen LogP contribution >= 0.6 is 0 Å². The van der Waals surface area contributed by atoms with Crippen LogP contribution in [0, 0.1) is 0 Å². The third-order valence-electron chi connectivity index (χ3n) is 4.99. The topological polar surface area (TPSA) is 88.5 Å². The van der Waals surface area contributed by atoms with Crippen molar-refractivity contribution in [3.63, 3.8) is 0 Å². The summed E-state index contributed by atoms with van der Waals surface area (Å²) < 4.78 is 65.7. The monoisotopic (exact) mass is 480 g/mol. The molecule has 0 aliphatic carbocycles. The molecule has 2 unspecified atom stereocenters. The van der Waals surface area contributed by atoms with E-state index >= 15 is 0 Å². The van der Waals surface area contributed by atoms with Crippen LogP contribution in [-0.4, -0.2) is 30.7 Å². The summed E-state index contributed by atoms with van der Waals surface area (Å²) in [6.07, 6.45) is -2.67. The molecule has 3 aromatic rings. The SMILES string of the molecule is CC(ONS(=O)(=O)c1cc(-c2ccccc2)cc(C(F)(F)F)c1)C(O)CCc1cccnc1. The van der Waals surface area contributed by atoms with E-state index in [0.29, 0.717) is 18.1 Å². The van der Waals surface area contributed by atoms with Crippen LogP contribution in [0.25, 0.3) is 11.1 Å². The number of aryl methyl sites for hydroxylation is 1. The van der Waals surface area contributed by atoms with Crippen molar-refractivity contribution < 1.29 is 31.5 Å². The Labute approximate surface area is 190 Å². The van der Waals surface area contributed by atoms with Crippen molar-refractivity contribution in [2.75, 3.05) is 0 Å². The van der Waals surface area contributed by atoms with Crippen LogP contribution in [-0.2, 0) is 27.5 Å². The molecular weight excluding hydrogens is 457 g/mol. The Morgan fingerprint density at radius 1 is 1.06 bits per heavy atom. The molecule has 0 aliphatic rings. The fraction of sp³-hybridized carbons (Fsp3) is 0.261. The number of rotatable bonds is 9. The van der Waals surface area contributed by atoms with Crippen molar-refractivity contribution in [2.24, 2.45) is 0 Å². The van der Waals surface area contributed by atoms with Crippen molar-refractivity contribution in [1.29, 1.82) is 0 Å². The normalized spacial score (nSPS) is 14.1. The highest BCUT2D eigenvalue weighted by Crippen LogP contribution is 2.34. The number of sulfonamides is 1. The molecule has 0 saturated heterocycles. The summed E-state index contributed by atoms with van der Waals surface area (Å²) >= 11 is 0. The maximum atomic E-state index is 13.4. The molecule has 10 heteroatoms. The molecular formula is C23H23F3N2O4S. The Bertz CT molecular complexity index is 1160. The predicted molar refractivity (Wildman–Crippen MR) is 116 cm³/mol. The summed E-state index contributed by atoms with van der Waals surface area (Å²) in [5.74, 6) is 0. The first-order valence-electron chi connectivity index (χ1n) is 10.1. The maximum absolute atomic E-state index is 13.4. The van der Waals surface area contributed by atoms with Crippen molar-refractivity contribution in [2.45, 2.75) is 43.0 Å². The first-order chi connectivity index (χ1) is 15.6. The Morgan fingerprint density at radius 2 is 1.79 bits per heavy atom. The molecule has 0 aliphatic heterocycles. The molecule has 1 heterocycles. The van der Waals surface area contributed by atoms with Gasteiger partial charge in [0, 0.05) is 12.4 Å². The van der Waals surface area contributed by atoms with Gasteiger partial charge in [0.25, 0.3) is 10.0 Å². The fourth-order valence-corrected chi connectivity index (χ4v) is 4.02. The molecule has 176 valence electrons. The minimum atomic E-state index is -4.74. The van der Waals surface area contributed by atoms with Crippen LogP contribution in [0.1, 0.15) is 24.5 Å². The Hall–Kier alpha value is -2.79. The number of aromatic nitrogens is 1. The number of benzene rings is 2. The Kier molecular flexibility index (Phi) is 7.85. The minimum Gasteiger partial charge on any atom is -0.390 e. The van der Waals surface area contributed by atoms with E-state index in [-0.39, 0.29) is 12.0 Å². The average molecular weight is 481 g/mol. The number of nitrogens with one attached hydrogen (secondary N) is 1. The fourth-order valence-electron chi connectivity index (χ4n) is 3.08. The summed E-state index contributed by atoms with van der Waals surface area (Å²) in [6.45, 7) is 1.46. The number of alkyl halides is 3. The molecule has 0 amide bonds. The lowest BCUT2D eigenvalue weighted by Crippen LogP contribution is -2.35. The van der Waals surface area contributed by atoms with E-state index in [9.17, 15) is 26.7 Å². The maximum Gasteiger partial charge on any atom is 0.416 e. The number of pyridine rings is 1. The third-order valence-corrected chi connectivity index (χ3v) is 6.16. The van der Waals surface area contributed by atoms with Crippen molar-refractivity contribution in [3.05, 3.63) is 84.2 Å². The number of aliphatic hydroxyl groups is 1.